The summed E-state index contributed by atoms with van der Waals surface area (Å²) in [7, 11) is 1.99. The summed E-state index contributed by atoms with van der Waals surface area (Å²) in [6.07, 6.45) is 3.76. The van der Waals surface area contributed by atoms with E-state index in [0.29, 0.717) is 12.1 Å². The van der Waals surface area contributed by atoms with Gasteiger partial charge in [0.25, 0.3) is 5.91 Å². The third-order valence-electron chi connectivity index (χ3n) is 7.72. The summed E-state index contributed by atoms with van der Waals surface area (Å²) in [5.41, 5.74) is 6.70. The molecule has 1 aliphatic heterocycles. The number of benzene rings is 4. The molecule has 0 aliphatic carbocycles. The van der Waals surface area contributed by atoms with Gasteiger partial charge in [-0.15, -0.1) is 0 Å². The lowest BCUT2D eigenvalue weighted by atomic mass is 9.99. The second-order valence-electron chi connectivity index (χ2n) is 10.9. The zero-order valence-corrected chi connectivity index (χ0v) is 25.3. The number of aliphatic hydroxyl groups is 1. The Balaban J connectivity index is 1.16. The summed E-state index contributed by atoms with van der Waals surface area (Å²) in [5.74, 6) is 0.661. The molecule has 6 rings (SSSR count). The highest BCUT2D eigenvalue weighted by Gasteiger charge is 2.32. The first-order valence-electron chi connectivity index (χ1n) is 14.7. The van der Waals surface area contributed by atoms with Gasteiger partial charge in [0, 0.05) is 49.3 Å². The monoisotopic (exact) mass is 605 g/mol. The van der Waals surface area contributed by atoms with Crippen LogP contribution in [0.1, 0.15) is 51.4 Å². The molecular formula is C36H35N3O4S. The van der Waals surface area contributed by atoms with Gasteiger partial charge >= 0.3 is 0 Å². The van der Waals surface area contributed by atoms with Gasteiger partial charge in [-0.3, -0.25) is 4.79 Å². The van der Waals surface area contributed by atoms with Crippen LogP contribution in [0.4, 0.5) is 0 Å². The normalized spacial score (nSPS) is 18.2. The molecule has 1 fully saturated rings. The van der Waals surface area contributed by atoms with E-state index in [4.69, 9.17) is 9.47 Å². The lowest BCUT2D eigenvalue weighted by Crippen LogP contribution is -2.31. The number of nitrogens with one attached hydrogen (secondary N) is 1. The van der Waals surface area contributed by atoms with E-state index in [9.17, 15) is 9.90 Å². The summed E-state index contributed by atoms with van der Waals surface area (Å²) in [6, 6.07) is 33.7. The van der Waals surface area contributed by atoms with Crippen molar-refractivity contribution in [1.82, 2.24) is 14.9 Å². The molecule has 1 saturated heterocycles. The minimum atomic E-state index is -0.521. The highest BCUT2D eigenvalue weighted by Crippen LogP contribution is 2.39. The summed E-state index contributed by atoms with van der Waals surface area (Å²) >= 11 is 1.68. The molecule has 1 aliphatic rings. The van der Waals surface area contributed by atoms with Crippen LogP contribution in [0, 0.1) is 0 Å². The Bertz CT molecular complexity index is 1670. The zero-order valence-electron chi connectivity index (χ0n) is 24.5. The second kappa shape index (κ2) is 14.1. The van der Waals surface area contributed by atoms with Gasteiger partial charge < -0.3 is 24.5 Å². The number of imidazole rings is 1. The molecule has 3 atom stereocenters. The molecule has 2 heterocycles. The number of aryl methyl sites for hydroxylation is 1. The Morgan fingerprint density at radius 1 is 0.909 bits per heavy atom. The fourth-order valence-electron chi connectivity index (χ4n) is 5.25. The number of carbonyl (C=O) groups is 1. The van der Waals surface area contributed by atoms with Gasteiger partial charge in [0.2, 0.25) is 0 Å². The maximum atomic E-state index is 12.5. The van der Waals surface area contributed by atoms with Gasteiger partial charge in [0.1, 0.15) is 0 Å². The van der Waals surface area contributed by atoms with Crippen molar-refractivity contribution in [2.75, 3.05) is 5.75 Å². The third-order valence-corrected chi connectivity index (χ3v) is 8.91. The molecule has 1 amide bonds. The van der Waals surface area contributed by atoms with Crippen molar-refractivity contribution in [3.05, 3.63) is 143 Å². The molecule has 7 nitrogen and oxygen atoms in total. The van der Waals surface area contributed by atoms with Crippen molar-refractivity contribution >= 4 is 17.7 Å². The quantitative estimate of drug-likeness (QED) is 0.170. The van der Waals surface area contributed by atoms with E-state index < -0.39 is 6.29 Å². The number of carbonyl (C=O) groups excluding carboxylic acids is 1. The highest BCUT2D eigenvalue weighted by atomic mass is 32.2. The Morgan fingerprint density at radius 3 is 2.41 bits per heavy atom. The standard InChI is InChI=1S/C36H35N3O4S/c1-39-19-18-37-36(39)44-24-32-21-33(28-12-10-25(23-40)11-13-28)43-35(42-32)30-16-14-27(15-17-30)31-9-5-6-26(20-31)22-38-34(41)29-7-3-2-4-8-29/h2-20,32-33,35,40H,21-24H2,1H3,(H,38,41)/t32-,33+,35+/m0/s1. The predicted molar refractivity (Wildman–Crippen MR) is 172 cm³/mol. The first-order valence-corrected chi connectivity index (χ1v) is 15.7. The summed E-state index contributed by atoms with van der Waals surface area (Å²) in [4.78, 5) is 16.9. The second-order valence-corrected chi connectivity index (χ2v) is 11.8. The van der Waals surface area contributed by atoms with Crippen molar-refractivity contribution in [2.24, 2.45) is 7.05 Å². The number of amides is 1. The van der Waals surface area contributed by atoms with Gasteiger partial charge in [-0.1, -0.05) is 96.7 Å². The van der Waals surface area contributed by atoms with E-state index in [1.54, 1.807) is 18.0 Å². The van der Waals surface area contributed by atoms with Crippen molar-refractivity contribution < 1.29 is 19.4 Å². The topological polar surface area (TPSA) is 85.6 Å². The van der Waals surface area contributed by atoms with Crippen molar-refractivity contribution in [1.29, 1.82) is 0 Å². The molecule has 0 radical (unpaired) electrons. The smallest absolute Gasteiger partial charge is 0.251 e. The molecule has 1 aromatic heterocycles. The van der Waals surface area contributed by atoms with Crippen molar-refractivity contribution in [2.45, 2.75) is 43.2 Å². The minimum absolute atomic E-state index is 0.0120. The van der Waals surface area contributed by atoms with Crippen LogP contribution < -0.4 is 5.32 Å². The molecule has 0 bridgehead atoms. The van der Waals surface area contributed by atoms with E-state index in [1.165, 1.54) is 0 Å². The average molecular weight is 606 g/mol. The zero-order chi connectivity index (χ0) is 30.3. The molecule has 5 aromatic rings. The fourth-order valence-corrected chi connectivity index (χ4v) is 6.20. The first-order chi connectivity index (χ1) is 21.6. The Morgan fingerprint density at radius 2 is 1.68 bits per heavy atom. The molecular weight excluding hydrogens is 570 g/mol. The average Bonchev–Trinajstić information content (AvgIpc) is 3.51. The molecule has 2 N–H and O–H groups in total. The van der Waals surface area contributed by atoms with Crippen LogP contribution in [0.5, 0.6) is 0 Å². The van der Waals surface area contributed by atoms with E-state index in [1.807, 2.05) is 84.5 Å². The van der Waals surface area contributed by atoms with Crippen LogP contribution in [-0.4, -0.2) is 32.4 Å². The van der Waals surface area contributed by atoms with Crippen LogP contribution >= 0.6 is 11.8 Å². The number of thioether (sulfide) groups is 1. The molecule has 0 saturated carbocycles. The van der Waals surface area contributed by atoms with Crippen molar-refractivity contribution in [3.8, 4) is 11.1 Å². The van der Waals surface area contributed by atoms with Crippen molar-refractivity contribution in [3.63, 3.8) is 0 Å². The third kappa shape index (κ3) is 7.29. The van der Waals surface area contributed by atoms with E-state index >= 15 is 0 Å². The van der Waals surface area contributed by atoms with Gasteiger partial charge in [0.15, 0.2) is 11.4 Å². The summed E-state index contributed by atoms with van der Waals surface area (Å²) < 4.78 is 15.0. The Hall–Kier alpha value is -4.21. The number of hydrogen-bond acceptors (Lipinski definition) is 6. The number of aromatic nitrogens is 2. The maximum Gasteiger partial charge on any atom is 0.251 e. The van der Waals surface area contributed by atoms with E-state index in [2.05, 4.69) is 46.7 Å². The molecule has 224 valence electrons. The predicted octanol–water partition coefficient (Wildman–Crippen LogP) is 6.85. The van der Waals surface area contributed by atoms with Gasteiger partial charge in [-0.25, -0.2) is 4.98 Å². The lowest BCUT2D eigenvalue weighted by Gasteiger charge is -2.36. The molecule has 8 heteroatoms. The molecule has 0 spiro atoms. The largest absolute Gasteiger partial charge is 0.392 e. The molecule has 44 heavy (non-hydrogen) atoms. The van der Waals surface area contributed by atoms with Crippen LogP contribution in [0.2, 0.25) is 0 Å². The van der Waals surface area contributed by atoms with Crippen LogP contribution in [0.25, 0.3) is 11.1 Å². The van der Waals surface area contributed by atoms with Crippen LogP contribution in [-0.2, 0) is 29.7 Å². The Kier molecular flexibility index (Phi) is 9.53. The van der Waals surface area contributed by atoms with Gasteiger partial charge in [-0.2, -0.15) is 0 Å². The highest BCUT2D eigenvalue weighted by molar-refractivity contribution is 7.99. The lowest BCUT2D eigenvalue weighted by molar-refractivity contribution is -0.245. The molecule has 4 aromatic carbocycles. The summed E-state index contributed by atoms with van der Waals surface area (Å²) in [6.45, 7) is 0.458. The minimum Gasteiger partial charge on any atom is -0.392 e. The van der Waals surface area contributed by atoms with E-state index in [-0.39, 0.29) is 24.7 Å². The van der Waals surface area contributed by atoms with Gasteiger partial charge in [0.05, 0.1) is 18.8 Å². The first kappa shape index (κ1) is 29.8. The van der Waals surface area contributed by atoms with Crippen LogP contribution in [0.3, 0.4) is 0 Å². The number of hydrogen-bond donors (Lipinski definition) is 2. The fraction of sp³-hybridized carbons (Fsp3) is 0.222. The SMILES string of the molecule is Cn1ccnc1SC[C@@H]1C[C@H](c2ccc(CO)cc2)O[C@H](c2ccc(-c3cccc(CNC(=O)c4ccccc4)c3)cc2)O1. The summed E-state index contributed by atoms with van der Waals surface area (Å²) in [5, 5.41) is 13.4. The van der Waals surface area contributed by atoms with Crippen LogP contribution in [0.15, 0.2) is 121 Å². The molecule has 0 unspecified atom stereocenters. The maximum absolute atomic E-state index is 12.5. The number of rotatable bonds is 10. The Labute approximate surface area is 261 Å². The van der Waals surface area contributed by atoms with E-state index in [0.717, 1.165) is 50.7 Å². The van der Waals surface area contributed by atoms with Gasteiger partial charge in [-0.05, 0) is 46.0 Å². The number of ether oxygens (including phenoxy) is 2. The number of aliphatic hydroxyl groups excluding tert-OH is 1. The number of nitrogens with zero attached hydrogens (tertiary/aromatic N) is 2.